The molecule has 0 unspecified atom stereocenters. The van der Waals surface area contributed by atoms with Crippen LogP contribution in [0, 0.1) is 11.3 Å². The lowest BCUT2D eigenvalue weighted by Gasteiger charge is -2.24. The lowest BCUT2D eigenvalue weighted by Crippen LogP contribution is -2.28. The highest BCUT2D eigenvalue weighted by molar-refractivity contribution is 5.85. The quantitative estimate of drug-likeness (QED) is 0.778. The van der Waals surface area contributed by atoms with Crippen LogP contribution in [0.1, 0.15) is 17.5 Å². The Balaban J connectivity index is 0.00000200. The summed E-state index contributed by atoms with van der Waals surface area (Å²) in [6.45, 7) is 1.67. The van der Waals surface area contributed by atoms with Crippen molar-refractivity contribution in [2.75, 3.05) is 19.6 Å². The van der Waals surface area contributed by atoms with Gasteiger partial charge in [-0.15, -0.1) is 12.4 Å². The van der Waals surface area contributed by atoms with Gasteiger partial charge in [0.1, 0.15) is 0 Å². The van der Waals surface area contributed by atoms with Crippen LogP contribution in [0.3, 0.4) is 0 Å². The predicted octanol–water partition coefficient (Wildman–Crippen LogP) is 3.74. The van der Waals surface area contributed by atoms with Crippen molar-refractivity contribution in [1.82, 2.24) is 4.90 Å². The highest BCUT2D eigenvalue weighted by Crippen LogP contribution is 2.32. The second kappa shape index (κ2) is 6.78. The second-order valence-electron chi connectivity index (χ2n) is 4.45. The molecule has 0 saturated heterocycles. The molecule has 1 aromatic rings. The van der Waals surface area contributed by atoms with Gasteiger partial charge in [0.25, 0.3) is 0 Å². The molecule has 2 nitrogen and oxygen atoms in total. The van der Waals surface area contributed by atoms with Gasteiger partial charge < -0.3 is 0 Å². The van der Waals surface area contributed by atoms with Gasteiger partial charge in [-0.3, -0.25) is 4.90 Å². The van der Waals surface area contributed by atoms with Crippen molar-refractivity contribution in [3.8, 4) is 6.07 Å². The van der Waals surface area contributed by atoms with E-state index < -0.39 is 11.7 Å². The van der Waals surface area contributed by atoms with Gasteiger partial charge >= 0.3 is 6.18 Å². The lowest BCUT2D eigenvalue weighted by atomic mass is 9.97. The third-order valence-electron chi connectivity index (χ3n) is 3.15. The predicted molar refractivity (Wildman–Crippen MR) is 73.3 cm³/mol. The standard InChI is InChI=1S/C14H13F3N2.ClH/c15-14(16,17)13-3-1-2-12(10-13)11-4-7-19(8-5-11)9-6-18;/h1-4,10H,5,7-9H2;1H. The zero-order chi connectivity index (χ0) is 13.9. The van der Waals surface area contributed by atoms with Crippen molar-refractivity contribution < 1.29 is 13.2 Å². The highest BCUT2D eigenvalue weighted by atomic mass is 35.5. The fourth-order valence-corrected chi connectivity index (χ4v) is 2.11. The molecule has 0 saturated carbocycles. The van der Waals surface area contributed by atoms with E-state index in [4.69, 9.17) is 5.26 Å². The molecule has 0 atom stereocenters. The van der Waals surface area contributed by atoms with Crippen LogP contribution in [-0.2, 0) is 6.18 Å². The van der Waals surface area contributed by atoms with Gasteiger partial charge in [0, 0.05) is 13.1 Å². The summed E-state index contributed by atoms with van der Waals surface area (Å²) in [6.07, 6.45) is -1.74. The molecule has 0 bridgehead atoms. The molecule has 1 aliphatic heterocycles. The lowest BCUT2D eigenvalue weighted by molar-refractivity contribution is -0.137. The molecular formula is C14H14ClF3N2. The molecule has 0 amide bonds. The summed E-state index contributed by atoms with van der Waals surface area (Å²) in [5.74, 6) is 0. The molecule has 1 aromatic carbocycles. The first-order valence-electron chi connectivity index (χ1n) is 5.96. The smallest absolute Gasteiger partial charge is 0.287 e. The number of alkyl halides is 3. The van der Waals surface area contributed by atoms with Crippen molar-refractivity contribution in [1.29, 1.82) is 5.26 Å². The van der Waals surface area contributed by atoms with Gasteiger partial charge in [-0.1, -0.05) is 18.2 Å². The number of nitriles is 1. The monoisotopic (exact) mass is 302 g/mol. The molecule has 0 spiro atoms. The van der Waals surface area contributed by atoms with E-state index in [1.807, 2.05) is 11.0 Å². The maximum absolute atomic E-state index is 12.6. The van der Waals surface area contributed by atoms with E-state index in [1.54, 1.807) is 6.07 Å². The van der Waals surface area contributed by atoms with Crippen molar-refractivity contribution in [2.24, 2.45) is 0 Å². The van der Waals surface area contributed by atoms with Crippen molar-refractivity contribution in [2.45, 2.75) is 12.6 Å². The highest BCUT2D eigenvalue weighted by Gasteiger charge is 2.30. The molecule has 6 heteroatoms. The first kappa shape index (κ1) is 16.5. The Morgan fingerprint density at radius 1 is 1.30 bits per heavy atom. The molecule has 1 aliphatic rings. The third kappa shape index (κ3) is 3.99. The van der Waals surface area contributed by atoms with Gasteiger partial charge in [-0.25, -0.2) is 0 Å². The van der Waals surface area contributed by atoms with Gasteiger partial charge in [0.2, 0.25) is 0 Å². The topological polar surface area (TPSA) is 27.0 Å². The summed E-state index contributed by atoms with van der Waals surface area (Å²) >= 11 is 0. The molecule has 108 valence electrons. The first-order chi connectivity index (χ1) is 9.00. The molecular weight excluding hydrogens is 289 g/mol. The van der Waals surface area contributed by atoms with E-state index in [2.05, 4.69) is 6.07 Å². The maximum atomic E-state index is 12.6. The normalized spacial score (nSPS) is 16.0. The van der Waals surface area contributed by atoms with Crippen LogP contribution >= 0.6 is 12.4 Å². The summed E-state index contributed by atoms with van der Waals surface area (Å²) in [5.41, 5.74) is 0.914. The number of hydrogen-bond donors (Lipinski definition) is 0. The van der Waals surface area contributed by atoms with E-state index in [0.29, 0.717) is 31.6 Å². The summed E-state index contributed by atoms with van der Waals surface area (Å²) in [6, 6.07) is 7.46. The maximum Gasteiger partial charge on any atom is 0.416 e. The van der Waals surface area contributed by atoms with Crippen LogP contribution in [0.2, 0.25) is 0 Å². The Hall–Kier alpha value is -1.51. The van der Waals surface area contributed by atoms with E-state index in [0.717, 1.165) is 11.6 Å². The largest absolute Gasteiger partial charge is 0.416 e. The van der Waals surface area contributed by atoms with Gasteiger partial charge in [-0.2, -0.15) is 18.4 Å². The van der Waals surface area contributed by atoms with Crippen LogP contribution in [0.5, 0.6) is 0 Å². The molecule has 1 heterocycles. The zero-order valence-corrected chi connectivity index (χ0v) is 11.5. The van der Waals surface area contributed by atoms with Gasteiger partial charge in [-0.05, 0) is 29.7 Å². The van der Waals surface area contributed by atoms with E-state index in [9.17, 15) is 13.2 Å². The van der Waals surface area contributed by atoms with E-state index >= 15 is 0 Å². The fraction of sp³-hybridized carbons (Fsp3) is 0.357. The Bertz CT molecular complexity index is 532. The molecule has 0 aliphatic carbocycles. The fourth-order valence-electron chi connectivity index (χ4n) is 2.11. The number of benzene rings is 1. The zero-order valence-electron chi connectivity index (χ0n) is 10.7. The molecule has 0 fully saturated rings. The van der Waals surface area contributed by atoms with Crippen LogP contribution in [-0.4, -0.2) is 24.5 Å². The van der Waals surface area contributed by atoms with Crippen molar-refractivity contribution in [3.05, 3.63) is 41.5 Å². The van der Waals surface area contributed by atoms with Gasteiger partial charge in [0.15, 0.2) is 0 Å². The Kier molecular flexibility index (Phi) is 5.61. The van der Waals surface area contributed by atoms with Crippen molar-refractivity contribution in [3.63, 3.8) is 0 Å². The molecule has 20 heavy (non-hydrogen) atoms. The summed E-state index contributed by atoms with van der Waals surface area (Å²) in [5, 5.41) is 8.59. The minimum atomic E-state index is -4.31. The Morgan fingerprint density at radius 2 is 2.05 bits per heavy atom. The first-order valence-corrected chi connectivity index (χ1v) is 5.96. The Labute approximate surface area is 121 Å². The number of hydrogen-bond acceptors (Lipinski definition) is 2. The van der Waals surface area contributed by atoms with E-state index in [-0.39, 0.29) is 12.4 Å². The number of halogens is 4. The minimum Gasteiger partial charge on any atom is -0.287 e. The van der Waals surface area contributed by atoms with Crippen LogP contribution in [0.15, 0.2) is 30.3 Å². The second-order valence-corrected chi connectivity index (χ2v) is 4.45. The van der Waals surface area contributed by atoms with E-state index in [1.165, 1.54) is 12.1 Å². The molecule has 0 N–H and O–H groups in total. The molecule has 0 radical (unpaired) electrons. The average Bonchev–Trinajstić information content (AvgIpc) is 2.39. The third-order valence-corrected chi connectivity index (χ3v) is 3.15. The summed E-state index contributed by atoms with van der Waals surface area (Å²) < 4.78 is 37.9. The van der Waals surface area contributed by atoms with Crippen LogP contribution in [0.25, 0.3) is 5.57 Å². The molecule has 2 rings (SSSR count). The summed E-state index contributed by atoms with van der Waals surface area (Å²) in [4.78, 5) is 1.96. The average molecular weight is 303 g/mol. The van der Waals surface area contributed by atoms with Crippen LogP contribution < -0.4 is 0 Å². The molecule has 0 aromatic heterocycles. The number of rotatable bonds is 2. The number of nitrogens with zero attached hydrogens (tertiary/aromatic N) is 2. The van der Waals surface area contributed by atoms with Crippen molar-refractivity contribution >= 4 is 18.0 Å². The summed E-state index contributed by atoms with van der Waals surface area (Å²) in [7, 11) is 0. The van der Waals surface area contributed by atoms with Crippen LogP contribution in [0.4, 0.5) is 13.2 Å². The Morgan fingerprint density at radius 3 is 2.60 bits per heavy atom. The SMILES string of the molecule is Cl.N#CCN1CC=C(c2cccc(C(F)(F)F)c2)CC1. The van der Waals surface area contributed by atoms with Gasteiger partial charge in [0.05, 0.1) is 18.2 Å². The minimum absolute atomic E-state index is 0.